The minimum absolute atomic E-state index is 0.118. The number of nitrogens with one attached hydrogen (secondary N) is 1. The van der Waals surface area contributed by atoms with E-state index in [0.717, 1.165) is 0 Å². The van der Waals surface area contributed by atoms with E-state index in [-0.39, 0.29) is 17.1 Å². The van der Waals surface area contributed by atoms with Crippen LogP contribution in [0.1, 0.15) is 12.2 Å². The van der Waals surface area contributed by atoms with Crippen LogP contribution in [0.2, 0.25) is 5.02 Å². The van der Waals surface area contributed by atoms with Crippen molar-refractivity contribution in [1.82, 2.24) is 5.43 Å². The number of nitro groups is 1. The number of hydrogen-bond donors (Lipinski definition) is 1. The first kappa shape index (κ1) is 16.2. The molecule has 0 aliphatic rings. The lowest BCUT2D eigenvalue weighted by Crippen LogP contribution is -2.15. The fraction of sp³-hybridized carbons (Fsp3) is 0.0714. The SMILES string of the molecule is N#CCC(=O)NN=Cc1ccc(-c2ccc([N+](=O)[O-])cc2Cl)o1. The highest BCUT2D eigenvalue weighted by molar-refractivity contribution is 6.33. The number of carbonyl (C=O) groups excluding carboxylic acids is 1. The van der Waals surface area contributed by atoms with Gasteiger partial charge >= 0.3 is 0 Å². The zero-order chi connectivity index (χ0) is 16.8. The molecule has 116 valence electrons. The fourth-order valence-electron chi connectivity index (χ4n) is 1.66. The first-order chi connectivity index (χ1) is 11.0. The van der Waals surface area contributed by atoms with E-state index >= 15 is 0 Å². The molecule has 1 aromatic carbocycles. The standard InChI is InChI=1S/C14H9ClN4O4/c15-12-7-9(19(21)22)1-3-11(12)13-4-2-10(23-13)8-17-18-14(20)5-6-16/h1-4,7-8H,5H2,(H,18,20). The molecule has 9 heteroatoms. The Kier molecular flexibility index (Phi) is 5.07. The van der Waals surface area contributed by atoms with Crippen molar-refractivity contribution in [2.75, 3.05) is 0 Å². The average Bonchev–Trinajstić information content (AvgIpc) is 2.96. The molecule has 8 nitrogen and oxygen atoms in total. The van der Waals surface area contributed by atoms with Gasteiger partial charge in [-0.25, -0.2) is 5.43 Å². The predicted molar refractivity (Wildman–Crippen MR) is 81.8 cm³/mol. The third kappa shape index (κ3) is 4.15. The van der Waals surface area contributed by atoms with E-state index in [0.29, 0.717) is 17.1 Å². The molecule has 0 unspecified atom stereocenters. The summed E-state index contributed by atoms with van der Waals surface area (Å²) in [5, 5.41) is 22.8. The van der Waals surface area contributed by atoms with Crippen molar-refractivity contribution in [2.24, 2.45) is 5.10 Å². The molecular formula is C14H9ClN4O4. The van der Waals surface area contributed by atoms with Crippen molar-refractivity contribution in [1.29, 1.82) is 5.26 Å². The number of hydrogen-bond acceptors (Lipinski definition) is 6. The minimum Gasteiger partial charge on any atom is -0.455 e. The van der Waals surface area contributed by atoms with Gasteiger partial charge in [0.15, 0.2) is 0 Å². The molecule has 0 radical (unpaired) electrons. The molecule has 0 atom stereocenters. The molecule has 1 heterocycles. The van der Waals surface area contributed by atoms with Crippen molar-refractivity contribution in [3.63, 3.8) is 0 Å². The quantitative estimate of drug-likeness (QED) is 0.512. The maximum absolute atomic E-state index is 11.0. The molecule has 1 amide bonds. The Morgan fingerprint density at radius 2 is 2.26 bits per heavy atom. The van der Waals surface area contributed by atoms with Crippen LogP contribution in [-0.2, 0) is 4.79 Å². The van der Waals surface area contributed by atoms with Crippen LogP contribution < -0.4 is 5.43 Å². The molecule has 23 heavy (non-hydrogen) atoms. The third-order valence-electron chi connectivity index (χ3n) is 2.68. The molecular weight excluding hydrogens is 324 g/mol. The number of nitro benzene ring substituents is 1. The normalized spacial score (nSPS) is 10.4. The summed E-state index contributed by atoms with van der Waals surface area (Å²) < 4.78 is 5.47. The summed E-state index contributed by atoms with van der Waals surface area (Å²) in [5.41, 5.74) is 2.53. The maximum atomic E-state index is 11.0. The molecule has 0 bridgehead atoms. The number of amides is 1. The lowest BCUT2D eigenvalue weighted by atomic mass is 10.1. The second-order valence-corrected chi connectivity index (χ2v) is 4.66. The number of non-ortho nitro benzene ring substituents is 1. The summed E-state index contributed by atoms with van der Waals surface area (Å²) >= 11 is 6.01. The van der Waals surface area contributed by atoms with Crippen molar-refractivity contribution < 1.29 is 14.1 Å². The summed E-state index contributed by atoms with van der Waals surface area (Å²) in [6.07, 6.45) is 0.969. The van der Waals surface area contributed by atoms with Crippen molar-refractivity contribution in [3.8, 4) is 17.4 Å². The summed E-state index contributed by atoms with van der Waals surface area (Å²) in [6.45, 7) is 0. The molecule has 0 spiro atoms. The van der Waals surface area contributed by atoms with Crippen LogP contribution in [0.3, 0.4) is 0 Å². The Bertz CT molecular complexity index is 822. The summed E-state index contributed by atoms with van der Waals surface area (Å²) in [5.74, 6) is 0.204. The molecule has 0 aliphatic heterocycles. The van der Waals surface area contributed by atoms with Gasteiger partial charge in [-0.2, -0.15) is 10.4 Å². The second-order valence-electron chi connectivity index (χ2n) is 4.25. The summed E-state index contributed by atoms with van der Waals surface area (Å²) in [6, 6.07) is 8.93. The largest absolute Gasteiger partial charge is 0.455 e. The van der Waals surface area contributed by atoms with Crippen LogP contribution in [0, 0.1) is 21.4 Å². The Labute approximate surface area is 135 Å². The highest BCUT2D eigenvalue weighted by atomic mass is 35.5. The zero-order valence-electron chi connectivity index (χ0n) is 11.5. The van der Waals surface area contributed by atoms with Crippen molar-refractivity contribution in [2.45, 2.75) is 6.42 Å². The van der Waals surface area contributed by atoms with Crippen LogP contribution in [0.5, 0.6) is 0 Å². The average molecular weight is 333 g/mol. The number of rotatable bonds is 5. The van der Waals surface area contributed by atoms with Gasteiger partial charge < -0.3 is 4.42 Å². The van der Waals surface area contributed by atoms with Gasteiger partial charge in [0, 0.05) is 17.7 Å². The minimum atomic E-state index is -0.542. The van der Waals surface area contributed by atoms with Gasteiger partial charge in [0.05, 0.1) is 22.2 Å². The Morgan fingerprint density at radius 3 is 2.91 bits per heavy atom. The highest BCUT2D eigenvalue weighted by Crippen LogP contribution is 2.31. The Hall–Kier alpha value is -3.18. The maximum Gasteiger partial charge on any atom is 0.270 e. The topological polar surface area (TPSA) is 122 Å². The molecule has 0 saturated heterocycles. The van der Waals surface area contributed by atoms with E-state index in [9.17, 15) is 14.9 Å². The lowest BCUT2D eigenvalue weighted by molar-refractivity contribution is -0.384. The number of nitriles is 1. The van der Waals surface area contributed by atoms with E-state index in [1.165, 1.54) is 24.4 Å². The van der Waals surface area contributed by atoms with Gasteiger partial charge in [0.2, 0.25) is 0 Å². The molecule has 2 aromatic rings. The molecule has 1 aromatic heterocycles. The molecule has 1 N–H and O–H groups in total. The van der Waals surface area contributed by atoms with Gasteiger partial charge in [0.1, 0.15) is 17.9 Å². The Balaban J connectivity index is 2.13. The van der Waals surface area contributed by atoms with Gasteiger partial charge in [-0.15, -0.1) is 0 Å². The number of benzene rings is 1. The smallest absolute Gasteiger partial charge is 0.270 e. The van der Waals surface area contributed by atoms with E-state index in [4.69, 9.17) is 21.3 Å². The molecule has 0 fully saturated rings. The van der Waals surface area contributed by atoms with Crippen LogP contribution in [-0.4, -0.2) is 17.0 Å². The fourth-order valence-corrected chi connectivity index (χ4v) is 1.93. The van der Waals surface area contributed by atoms with Gasteiger partial charge in [-0.1, -0.05) is 11.6 Å². The van der Waals surface area contributed by atoms with Crippen LogP contribution in [0.4, 0.5) is 5.69 Å². The number of nitrogens with zero attached hydrogens (tertiary/aromatic N) is 3. The number of furan rings is 1. The van der Waals surface area contributed by atoms with E-state index in [1.807, 2.05) is 0 Å². The predicted octanol–water partition coefficient (Wildman–Crippen LogP) is 2.87. The third-order valence-corrected chi connectivity index (χ3v) is 2.99. The summed E-state index contributed by atoms with van der Waals surface area (Å²) in [7, 11) is 0. The van der Waals surface area contributed by atoms with Gasteiger partial charge in [-0.05, 0) is 18.2 Å². The van der Waals surface area contributed by atoms with Crippen molar-refractivity contribution >= 4 is 29.4 Å². The van der Waals surface area contributed by atoms with E-state index in [1.54, 1.807) is 18.2 Å². The van der Waals surface area contributed by atoms with Crippen LogP contribution in [0.25, 0.3) is 11.3 Å². The first-order valence-electron chi connectivity index (χ1n) is 6.24. The molecule has 0 saturated carbocycles. The second kappa shape index (κ2) is 7.20. The van der Waals surface area contributed by atoms with Crippen molar-refractivity contribution in [3.05, 3.63) is 51.2 Å². The van der Waals surface area contributed by atoms with Gasteiger partial charge in [0.25, 0.3) is 11.6 Å². The number of hydrazone groups is 1. The van der Waals surface area contributed by atoms with Gasteiger partial charge in [-0.3, -0.25) is 14.9 Å². The Morgan fingerprint density at radius 1 is 1.48 bits per heavy atom. The highest BCUT2D eigenvalue weighted by Gasteiger charge is 2.13. The van der Waals surface area contributed by atoms with E-state index < -0.39 is 10.8 Å². The first-order valence-corrected chi connectivity index (χ1v) is 6.62. The monoisotopic (exact) mass is 332 g/mol. The van der Waals surface area contributed by atoms with E-state index in [2.05, 4.69) is 10.5 Å². The summed E-state index contributed by atoms with van der Waals surface area (Å²) in [4.78, 5) is 21.2. The van der Waals surface area contributed by atoms with Crippen LogP contribution in [0.15, 0.2) is 39.9 Å². The molecule has 0 aliphatic carbocycles. The van der Waals surface area contributed by atoms with Crippen LogP contribution >= 0.6 is 11.6 Å². The number of carbonyl (C=O) groups is 1. The lowest BCUT2D eigenvalue weighted by Gasteiger charge is -2.00. The zero-order valence-corrected chi connectivity index (χ0v) is 12.3. The number of halogens is 1. The molecule has 2 rings (SSSR count).